The van der Waals surface area contributed by atoms with Crippen LogP contribution in [0.3, 0.4) is 0 Å². The van der Waals surface area contributed by atoms with Gasteiger partial charge in [0, 0.05) is 6.42 Å². The van der Waals surface area contributed by atoms with Crippen molar-refractivity contribution in [2.45, 2.75) is 77.7 Å². The largest absolute Gasteiger partial charge is 0.399 e. The zero-order chi connectivity index (χ0) is 16.8. The van der Waals surface area contributed by atoms with E-state index < -0.39 is 10.4 Å². The number of carbonyl (C=O) groups excluding carboxylic acids is 1. The molecule has 0 aliphatic rings. The molecule has 0 aromatic rings. The lowest BCUT2D eigenvalue weighted by Crippen LogP contribution is -2.36. The number of carbonyl (C=O) groups is 1. The van der Waals surface area contributed by atoms with Crippen LogP contribution in [0.25, 0.3) is 0 Å². The van der Waals surface area contributed by atoms with Crippen LogP contribution in [0.5, 0.6) is 0 Å². The van der Waals surface area contributed by atoms with Gasteiger partial charge in [0.05, 0.1) is 19.8 Å². The molecule has 0 fully saturated rings. The van der Waals surface area contributed by atoms with Crippen molar-refractivity contribution in [2.24, 2.45) is 0 Å². The second kappa shape index (κ2) is 12.8. The first-order chi connectivity index (χ1) is 10.4. The van der Waals surface area contributed by atoms with E-state index in [1.807, 2.05) is 0 Å². The van der Waals surface area contributed by atoms with Gasteiger partial charge in [0.1, 0.15) is 0 Å². The van der Waals surface area contributed by atoms with Gasteiger partial charge in [0.25, 0.3) is 0 Å². The van der Waals surface area contributed by atoms with Crippen LogP contribution in [0.1, 0.15) is 71.6 Å². The van der Waals surface area contributed by atoms with Gasteiger partial charge in [0.2, 0.25) is 5.91 Å². The van der Waals surface area contributed by atoms with Crippen LogP contribution in [-0.4, -0.2) is 34.1 Å². The molecule has 0 saturated carbocycles. The standard InChI is InChI=1S/C15H31NO5S/c1-4-5-6-7-8-9-10-11-12-15(17)16-14(2)13-21-22(18,19)20-3/h14H,4-13H2,1-3H3,(H,16,17). The lowest BCUT2D eigenvalue weighted by molar-refractivity contribution is -0.122. The van der Waals surface area contributed by atoms with Crippen LogP contribution in [0.2, 0.25) is 0 Å². The lowest BCUT2D eigenvalue weighted by Gasteiger charge is -2.13. The third-order valence-corrected chi connectivity index (χ3v) is 4.16. The molecule has 0 aromatic heterocycles. The summed E-state index contributed by atoms with van der Waals surface area (Å²) in [6.07, 6.45) is 9.95. The Morgan fingerprint density at radius 3 is 2.14 bits per heavy atom. The molecule has 1 unspecified atom stereocenters. The minimum Gasteiger partial charge on any atom is -0.351 e. The van der Waals surface area contributed by atoms with Crippen molar-refractivity contribution >= 4 is 16.3 Å². The second-order valence-corrected chi connectivity index (χ2v) is 6.94. The zero-order valence-electron chi connectivity index (χ0n) is 14.1. The molecule has 0 radical (unpaired) electrons. The first-order valence-electron chi connectivity index (χ1n) is 8.15. The predicted molar refractivity (Wildman–Crippen MR) is 86.7 cm³/mol. The van der Waals surface area contributed by atoms with Crippen molar-refractivity contribution in [3.8, 4) is 0 Å². The average molecular weight is 337 g/mol. The van der Waals surface area contributed by atoms with Gasteiger partial charge in [-0.25, -0.2) is 4.18 Å². The quantitative estimate of drug-likeness (QED) is 0.493. The van der Waals surface area contributed by atoms with Gasteiger partial charge in [-0.05, 0) is 13.3 Å². The maximum absolute atomic E-state index is 11.7. The first-order valence-corrected chi connectivity index (χ1v) is 9.49. The summed E-state index contributed by atoms with van der Waals surface area (Å²) in [5.41, 5.74) is 0. The summed E-state index contributed by atoms with van der Waals surface area (Å²) in [5, 5.41) is 2.71. The third kappa shape index (κ3) is 13.0. The molecular weight excluding hydrogens is 306 g/mol. The molecule has 6 nitrogen and oxygen atoms in total. The number of hydrogen-bond donors (Lipinski definition) is 1. The summed E-state index contributed by atoms with van der Waals surface area (Å²) in [6, 6.07) is -0.369. The van der Waals surface area contributed by atoms with Crippen LogP contribution in [-0.2, 0) is 23.6 Å². The molecule has 1 amide bonds. The first kappa shape index (κ1) is 21.3. The maximum Gasteiger partial charge on any atom is 0.399 e. The molecule has 0 aliphatic heterocycles. The van der Waals surface area contributed by atoms with E-state index in [9.17, 15) is 13.2 Å². The Balaban J connectivity index is 3.56. The van der Waals surface area contributed by atoms with Gasteiger partial charge < -0.3 is 5.32 Å². The highest BCUT2D eigenvalue weighted by molar-refractivity contribution is 7.81. The van der Waals surface area contributed by atoms with Crippen LogP contribution in [0.4, 0.5) is 0 Å². The van der Waals surface area contributed by atoms with Crippen molar-refractivity contribution in [3.63, 3.8) is 0 Å². The topological polar surface area (TPSA) is 81.7 Å². The number of hydrogen-bond acceptors (Lipinski definition) is 5. The van der Waals surface area contributed by atoms with Gasteiger partial charge in [-0.15, -0.1) is 0 Å². The summed E-state index contributed by atoms with van der Waals surface area (Å²) in [6.45, 7) is 3.77. The smallest absolute Gasteiger partial charge is 0.351 e. The highest BCUT2D eigenvalue weighted by atomic mass is 32.3. The van der Waals surface area contributed by atoms with Gasteiger partial charge in [-0.1, -0.05) is 51.9 Å². The van der Waals surface area contributed by atoms with Gasteiger partial charge in [0.15, 0.2) is 0 Å². The van der Waals surface area contributed by atoms with Crippen LogP contribution in [0.15, 0.2) is 0 Å². The van der Waals surface area contributed by atoms with Crippen LogP contribution < -0.4 is 5.32 Å². The summed E-state index contributed by atoms with van der Waals surface area (Å²) in [7, 11) is -2.91. The van der Waals surface area contributed by atoms with Gasteiger partial charge in [-0.3, -0.25) is 8.98 Å². The maximum atomic E-state index is 11.7. The van der Waals surface area contributed by atoms with Crippen molar-refractivity contribution in [1.29, 1.82) is 0 Å². The average Bonchev–Trinajstić information content (AvgIpc) is 2.48. The van der Waals surface area contributed by atoms with E-state index >= 15 is 0 Å². The molecule has 7 heteroatoms. The molecule has 132 valence electrons. The van der Waals surface area contributed by atoms with Gasteiger partial charge >= 0.3 is 10.4 Å². The molecular formula is C15H31NO5S. The summed E-state index contributed by atoms with van der Waals surface area (Å²) in [5.74, 6) is -0.0723. The van der Waals surface area contributed by atoms with Crippen LogP contribution in [0, 0.1) is 0 Å². The highest BCUT2D eigenvalue weighted by Crippen LogP contribution is 2.09. The molecule has 0 bridgehead atoms. The summed E-state index contributed by atoms with van der Waals surface area (Å²) >= 11 is 0. The zero-order valence-corrected chi connectivity index (χ0v) is 14.9. The Morgan fingerprint density at radius 2 is 1.59 bits per heavy atom. The van der Waals surface area contributed by atoms with E-state index in [1.165, 1.54) is 38.5 Å². The minimum absolute atomic E-state index is 0.0723. The minimum atomic E-state index is -3.94. The number of rotatable bonds is 14. The SMILES string of the molecule is CCCCCCCCCCC(=O)NC(C)COS(=O)(=O)OC. The number of amides is 1. The fourth-order valence-electron chi connectivity index (χ4n) is 2.04. The predicted octanol–water partition coefficient (Wildman–Crippen LogP) is 2.93. The van der Waals surface area contributed by atoms with E-state index in [4.69, 9.17) is 0 Å². The third-order valence-electron chi connectivity index (χ3n) is 3.33. The van der Waals surface area contributed by atoms with Crippen molar-refractivity contribution < 1.29 is 21.6 Å². The number of nitrogens with one attached hydrogen (secondary N) is 1. The van der Waals surface area contributed by atoms with E-state index in [0.29, 0.717) is 6.42 Å². The summed E-state index contributed by atoms with van der Waals surface area (Å²) in [4.78, 5) is 11.7. The Labute approximate surface area is 135 Å². The van der Waals surface area contributed by atoms with Crippen molar-refractivity contribution in [3.05, 3.63) is 0 Å². The molecule has 0 saturated heterocycles. The normalized spacial score (nSPS) is 13.0. The Kier molecular flexibility index (Phi) is 12.5. The number of unbranched alkanes of at least 4 members (excludes halogenated alkanes) is 7. The van der Waals surface area contributed by atoms with E-state index in [0.717, 1.165) is 20.0 Å². The fraction of sp³-hybridized carbons (Fsp3) is 0.933. The molecule has 22 heavy (non-hydrogen) atoms. The molecule has 0 rings (SSSR count). The van der Waals surface area contributed by atoms with Crippen molar-refractivity contribution in [1.82, 2.24) is 5.32 Å². The monoisotopic (exact) mass is 337 g/mol. The molecule has 1 N–H and O–H groups in total. The lowest BCUT2D eigenvalue weighted by atomic mass is 10.1. The Hall–Kier alpha value is -0.660. The van der Waals surface area contributed by atoms with E-state index in [1.54, 1.807) is 6.92 Å². The second-order valence-electron chi connectivity index (χ2n) is 5.55. The highest BCUT2D eigenvalue weighted by Gasteiger charge is 2.13. The van der Waals surface area contributed by atoms with E-state index in [-0.39, 0.29) is 18.6 Å². The molecule has 0 spiro atoms. The fourth-order valence-corrected chi connectivity index (χ4v) is 2.51. The van der Waals surface area contributed by atoms with E-state index in [2.05, 4.69) is 20.6 Å². The van der Waals surface area contributed by atoms with Gasteiger partial charge in [-0.2, -0.15) is 8.42 Å². The molecule has 1 atom stereocenters. The van der Waals surface area contributed by atoms with Crippen molar-refractivity contribution in [2.75, 3.05) is 13.7 Å². The summed E-state index contributed by atoms with van der Waals surface area (Å²) < 4.78 is 30.7. The Morgan fingerprint density at radius 1 is 1.05 bits per heavy atom. The molecule has 0 heterocycles. The molecule has 0 aliphatic carbocycles. The Bertz CT molecular complexity index is 383. The van der Waals surface area contributed by atoms with Crippen LogP contribution >= 0.6 is 0 Å². The molecule has 0 aromatic carbocycles.